The molecule has 98 valence electrons. The summed E-state index contributed by atoms with van der Waals surface area (Å²) >= 11 is 2.09. The lowest BCUT2D eigenvalue weighted by Crippen LogP contribution is -2.50. The molecule has 3 fully saturated rings. The molecule has 3 rings (SSSR count). The molecule has 2 unspecified atom stereocenters. The van der Waals surface area contributed by atoms with Crippen LogP contribution < -0.4 is 5.32 Å². The zero-order valence-electron chi connectivity index (χ0n) is 10.5. The van der Waals surface area contributed by atoms with Crippen LogP contribution in [0.1, 0.15) is 32.1 Å². The maximum absolute atomic E-state index is 5.98. The van der Waals surface area contributed by atoms with Gasteiger partial charge in [-0.1, -0.05) is 0 Å². The number of hydrogen-bond acceptors (Lipinski definition) is 4. The van der Waals surface area contributed by atoms with Crippen LogP contribution in [-0.4, -0.2) is 49.0 Å². The van der Waals surface area contributed by atoms with Gasteiger partial charge in [0.2, 0.25) is 0 Å². The van der Waals surface area contributed by atoms with Gasteiger partial charge in [0.1, 0.15) is 0 Å². The number of thioether (sulfide) groups is 1. The maximum atomic E-state index is 5.98. The van der Waals surface area contributed by atoms with Gasteiger partial charge in [0.15, 0.2) is 0 Å². The second-order valence-corrected chi connectivity index (χ2v) is 6.80. The second kappa shape index (κ2) is 5.47. The molecule has 3 heterocycles. The fourth-order valence-corrected chi connectivity index (χ4v) is 4.34. The van der Waals surface area contributed by atoms with E-state index in [1.165, 1.54) is 30.8 Å². The van der Waals surface area contributed by atoms with E-state index in [4.69, 9.17) is 9.47 Å². The van der Waals surface area contributed by atoms with Crippen molar-refractivity contribution in [1.29, 1.82) is 0 Å². The highest BCUT2D eigenvalue weighted by Gasteiger charge is 2.41. The van der Waals surface area contributed by atoms with E-state index in [-0.39, 0.29) is 5.60 Å². The number of nitrogens with one attached hydrogen (secondary N) is 1. The summed E-state index contributed by atoms with van der Waals surface area (Å²) in [5, 5.41) is 3.86. The Morgan fingerprint density at radius 3 is 2.71 bits per heavy atom. The lowest BCUT2D eigenvalue weighted by molar-refractivity contribution is -0.0904. The third-order valence-electron chi connectivity index (χ3n) is 4.25. The predicted octanol–water partition coefficient (Wildman–Crippen LogP) is 1.81. The van der Waals surface area contributed by atoms with Gasteiger partial charge in [-0.3, -0.25) is 0 Å². The molecular weight excluding hydrogens is 234 g/mol. The van der Waals surface area contributed by atoms with Crippen molar-refractivity contribution in [2.45, 2.75) is 49.8 Å². The molecule has 0 bridgehead atoms. The Balaban J connectivity index is 1.52. The highest BCUT2D eigenvalue weighted by atomic mass is 32.2. The van der Waals surface area contributed by atoms with Crippen LogP contribution in [0, 0.1) is 0 Å². The summed E-state index contributed by atoms with van der Waals surface area (Å²) in [4.78, 5) is 0. The molecule has 0 radical (unpaired) electrons. The van der Waals surface area contributed by atoms with Crippen LogP contribution in [0.3, 0.4) is 0 Å². The van der Waals surface area contributed by atoms with Crippen molar-refractivity contribution in [3.63, 3.8) is 0 Å². The van der Waals surface area contributed by atoms with Gasteiger partial charge in [-0.15, -0.1) is 0 Å². The van der Waals surface area contributed by atoms with E-state index >= 15 is 0 Å². The van der Waals surface area contributed by atoms with Gasteiger partial charge in [0.25, 0.3) is 0 Å². The molecule has 2 atom stereocenters. The summed E-state index contributed by atoms with van der Waals surface area (Å²) in [6.07, 6.45) is 6.09. The van der Waals surface area contributed by atoms with E-state index in [1.54, 1.807) is 0 Å². The fraction of sp³-hybridized carbons (Fsp3) is 1.00. The standard InChI is InChI=1S/C13H23NO2S/c1-5-16-13(4-6-15-10-13)9-12(1)14-11-2-7-17-8-3-11/h11-12,14H,1-10H2. The first-order valence-corrected chi connectivity index (χ1v) is 8.07. The van der Waals surface area contributed by atoms with Crippen LogP contribution >= 0.6 is 11.8 Å². The van der Waals surface area contributed by atoms with E-state index in [9.17, 15) is 0 Å². The van der Waals surface area contributed by atoms with E-state index < -0.39 is 0 Å². The largest absolute Gasteiger partial charge is 0.378 e. The Hall–Kier alpha value is 0.230. The summed E-state index contributed by atoms with van der Waals surface area (Å²) in [5.74, 6) is 2.66. The van der Waals surface area contributed by atoms with Crippen molar-refractivity contribution < 1.29 is 9.47 Å². The summed E-state index contributed by atoms with van der Waals surface area (Å²) < 4.78 is 11.5. The Kier molecular flexibility index (Phi) is 3.95. The zero-order chi connectivity index (χ0) is 11.6. The molecule has 0 saturated carbocycles. The van der Waals surface area contributed by atoms with Crippen molar-refractivity contribution >= 4 is 11.8 Å². The molecule has 0 amide bonds. The van der Waals surface area contributed by atoms with Crippen LogP contribution in [0.4, 0.5) is 0 Å². The average molecular weight is 257 g/mol. The van der Waals surface area contributed by atoms with Gasteiger partial charge in [0.05, 0.1) is 12.2 Å². The lowest BCUT2D eigenvalue weighted by atomic mass is 9.89. The summed E-state index contributed by atoms with van der Waals surface area (Å²) in [6.45, 7) is 2.60. The van der Waals surface area contributed by atoms with Crippen molar-refractivity contribution in [3.8, 4) is 0 Å². The van der Waals surface area contributed by atoms with E-state index in [2.05, 4.69) is 17.1 Å². The maximum Gasteiger partial charge on any atom is 0.0951 e. The Bertz CT molecular complexity index is 250. The summed E-state index contributed by atoms with van der Waals surface area (Å²) in [5.41, 5.74) is 0.0549. The quantitative estimate of drug-likeness (QED) is 0.817. The van der Waals surface area contributed by atoms with Crippen LogP contribution in [0.15, 0.2) is 0 Å². The van der Waals surface area contributed by atoms with Gasteiger partial charge >= 0.3 is 0 Å². The molecule has 17 heavy (non-hydrogen) atoms. The van der Waals surface area contributed by atoms with Crippen LogP contribution in [0.25, 0.3) is 0 Å². The molecule has 0 aliphatic carbocycles. The van der Waals surface area contributed by atoms with Gasteiger partial charge in [0, 0.05) is 31.7 Å². The van der Waals surface area contributed by atoms with Gasteiger partial charge in [-0.25, -0.2) is 0 Å². The summed E-state index contributed by atoms with van der Waals surface area (Å²) in [7, 11) is 0. The molecule has 0 aromatic rings. The average Bonchev–Trinajstić information content (AvgIpc) is 2.79. The van der Waals surface area contributed by atoms with Gasteiger partial charge < -0.3 is 14.8 Å². The third-order valence-corrected chi connectivity index (χ3v) is 5.30. The van der Waals surface area contributed by atoms with Crippen molar-refractivity contribution in [2.75, 3.05) is 31.3 Å². The molecule has 1 N–H and O–H groups in total. The van der Waals surface area contributed by atoms with Crippen LogP contribution in [-0.2, 0) is 9.47 Å². The van der Waals surface area contributed by atoms with Crippen molar-refractivity contribution in [1.82, 2.24) is 5.32 Å². The third kappa shape index (κ3) is 2.98. The molecule has 3 aliphatic rings. The highest BCUT2D eigenvalue weighted by Crippen LogP contribution is 2.33. The number of hydrogen-bond donors (Lipinski definition) is 1. The first-order valence-electron chi connectivity index (χ1n) is 6.92. The fourth-order valence-electron chi connectivity index (χ4n) is 3.23. The van der Waals surface area contributed by atoms with Crippen molar-refractivity contribution in [3.05, 3.63) is 0 Å². The molecule has 0 aromatic carbocycles. The molecule has 3 nitrogen and oxygen atoms in total. The van der Waals surface area contributed by atoms with Gasteiger partial charge in [-0.05, 0) is 37.2 Å². The zero-order valence-corrected chi connectivity index (χ0v) is 11.3. The minimum atomic E-state index is 0.0549. The van der Waals surface area contributed by atoms with Gasteiger partial charge in [-0.2, -0.15) is 11.8 Å². The van der Waals surface area contributed by atoms with E-state index in [0.29, 0.717) is 6.04 Å². The first kappa shape index (κ1) is 12.3. The predicted molar refractivity (Wildman–Crippen MR) is 70.6 cm³/mol. The first-order chi connectivity index (χ1) is 8.36. The van der Waals surface area contributed by atoms with Crippen molar-refractivity contribution in [2.24, 2.45) is 0 Å². The van der Waals surface area contributed by atoms with E-state index in [0.717, 1.165) is 38.7 Å². The minimum absolute atomic E-state index is 0.0549. The molecule has 0 aromatic heterocycles. The Labute approximate surface area is 108 Å². The van der Waals surface area contributed by atoms with Crippen LogP contribution in [0.5, 0.6) is 0 Å². The molecule has 1 spiro atoms. The smallest absolute Gasteiger partial charge is 0.0951 e. The Morgan fingerprint density at radius 2 is 1.94 bits per heavy atom. The van der Waals surface area contributed by atoms with E-state index in [1.807, 2.05) is 0 Å². The minimum Gasteiger partial charge on any atom is -0.378 e. The Morgan fingerprint density at radius 1 is 1.06 bits per heavy atom. The SMILES string of the molecule is C1CC2(CO1)CC(NC1CCSCC1)CCO2. The second-order valence-electron chi connectivity index (χ2n) is 5.58. The summed E-state index contributed by atoms with van der Waals surface area (Å²) in [6, 6.07) is 1.40. The lowest BCUT2D eigenvalue weighted by Gasteiger charge is -2.39. The normalized spacial score (nSPS) is 39.9. The highest BCUT2D eigenvalue weighted by molar-refractivity contribution is 7.99. The molecule has 4 heteroatoms. The monoisotopic (exact) mass is 257 g/mol. The topological polar surface area (TPSA) is 30.5 Å². The molecule has 3 saturated heterocycles. The molecule has 3 aliphatic heterocycles. The number of rotatable bonds is 2. The number of ether oxygens (including phenoxy) is 2. The molecular formula is C13H23NO2S. The van der Waals surface area contributed by atoms with Crippen LogP contribution in [0.2, 0.25) is 0 Å².